The van der Waals surface area contributed by atoms with Gasteiger partial charge in [0.15, 0.2) is 15.9 Å². The molecule has 0 aliphatic heterocycles. The summed E-state index contributed by atoms with van der Waals surface area (Å²) in [5.74, 6) is 0.989. The van der Waals surface area contributed by atoms with Crippen LogP contribution in [-0.4, -0.2) is 93.1 Å². The second kappa shape index (κ2) is 35.7. The molecule has 5 aromatic rings. The van der Waals surface area contributed by atoms with Gasteiger partial charge in [0, 0.05) is 61.2 Å². The first-order valence-electron chi connectivity index (χ1n) is 24.1. The number of aromatic nitrogens is 6. The average Bonchev–Trinajstić information content (AvgIpc) is 3.74. The van der Waals surface area contributed by atoms with Crippen molar-refractivity contribution in [3.63, 3.8) is 0 Å². The van der Waals surface area contributed by atoms with E-state index < -0.39 is 37.3 Å². The number of halogens is 7. The van der Waals surface area contributed by atoms with Crippen molar-refractivity contribution in [2.24, 2.45) is 26.7 Å². The molecule has 20 nitrogen and oxygen atoms in total. The molecule has 0 aliphatic rings. The van der Waals surface area contributed by atoms with Crippen molar-refractivity contribution in [1.82, 2.24) is 39.9 Å². The number of nitrogens with zero attached hydrogens (tertiary/aromatic N) is 9. The number of carbonyl (C=O) groups is 3. The summed E-state index contributed by atoms with van der Waals surface area (Å²) in [7, 11) is -6.09. The van der Waals surface area contributed by atoms with Crippen LogP contribution in [0, 0.1) is 21.7 Å². The molecule has 30 heteroatoms. The summed E-state index contributed by atoms with van der Waals surface area (Å²) >= 11 is 19.1. The second-order valence-corrected chi connectivity index (χ2v) is 24.5. The van der Waals surface area contributed by atoms with Crippen LogP contribution in [0.4, 0.5) is 36.4 Å². The van der Waals surface area contributed by atoms with E-state index >= 15 is 0 Å². The molecule has 0 unspecified atom stereocenters. The van der Waals surface area contributed by atoms with Crippen LogP contribution in [0.3, 0.4) is 0 Å². The maximum atomic E-state index is 12.8. The van der Waals surface area contributed by atoms with Crippen molar-refractivity contribution in [1.29, 1.82) is 0 Å². The Hall–Kier alpha value is -4.56. The number of hydrogen-bond acceptors (Lipinski definition) is 16. The molecule has 5 rings (SSSR count). The van der Waals surface area contributed by atoms with Crippen molar-refractivity contribution < 1.29 is 84.7 Å². The molecule has 0 aliphatic carbocycles. The molecule has 0 spiro atoms. The molecule has 0 saturated carbocycles. The summed E-state index contributed by atoms with van der Waals surface area (Å²) in [6.07, 6.45) is 0. The van der Waals surface area contributed by atoms with Crippen molar-refractivity contribution in [2.45, 2.75) is 128 Å². The molecule has 0 bridgehead atoms. The Labute approximate surface area is 518 Å². The fourth-order valence-corrected chi connectivity index (χ4v) is 5.96. The maximum absolute atomic E-state index is 12.8. The number of amides is 3. The van der Waals surface area contributed by atoms with Crippen LogP contribution in [-0.2, 0) is 97.3 Å². The molecule has 0 aromatic carbocycles. The van der Waals surface area contributed by atoms with Gasteiger partial charge in [-0.15, -0.1) is 52.1 Å². The van der Waals surface area contributed by atoms with Crippen LogP contribution in [0.5, 0.6) is 0 Å². The minimum atomic E-state index is -6.09. The quantitative estimate of drug-likeness (QED) is 0.0272. The average molecular weight is 1340 g/mol. The van der Waals surface area contributed by atoms with Crippen molar-refractivity contribution >= 4 is 103 Å². The minimum Gasteiger partial charge on any atom is -0.870 e. The molecule has 5 aromatic heterocycles. The zero-order valence-corrected chi connectivity index (χ0v) is 53.1. The van der Waals surface area contributed by atoms with Gasteiger partial charge in [-0.2, -0.15) is 13.2 Å². The number of pyridine rings is 4. The van der Waals surface area contributed by atoms with Gasteiger partial charge in [-0.25, -0.2) is 33.3 Å². The van der Waals surface area contributed by atoms with E-state index in [1.807, 2.05) is 138 Å². The fourth-order valence-electron chi connectivity index (χ4n) is 5.96. The van der Waals surface area contributed by atoms with Gasteiger partial charge in [0.1, 0.15) is 17.5 Å². The first kappa shape index (κ1) is 79.5. The molecule has 0 atom stereocenters. The maximum Gasteiger partial charge on any atom is 3.00 e. The molecule has 82 heavy (non-hydrogen) atoms. The molecular formula is C52H69Cl4Co2F3N12O8S+2. The molecular weight excluding hydrogens is 1270 g/mol. The van der Waals surface area contributed by atoms with Gasteiger partial charge in [-0.3, -0.25) is 24.2 Å². The van der Waals surface area contributed by atoms with Crippen molar-refractivity contribution in [3.8, 4) is 0 Å². The number of alkyl halides is 7. The van der Waals surface area contributed by atoms with Crippen LogP contribution in [0.25, 0.3) is 0 Å². The zero-order valence-electron chi connectivity index (χ0n) is 47.2. The van der Waals surface area contributed by atoms with Crippen LogP contribution < -0.4 is 26.2 Å². The molecule has 5 heterocycles. The van der Waals surface area contributed by atoms with Gasteiger partial charge < -0.3 is 41.3 Å². The first-order chi connectivity index (χ1) is 36.4. The molecule has 0 fully saturated rings. The van der Waals surface area contributed by atoms with Crippen LogP contribution in [0.15, 0.2) is 83.9 Å². The third kappa shape index (κ3) is 30.3. The summed E-state index contributed by atoms with van der Waals surface area (Å²) in [5, 5.41) is 31.2. The standard InChI is InChI=1S/C49H66N12O4.2CH2Cl2.CHF3O3S.2Co.H2O/c1-46(2,3)42(62)54-38-21-13-17-32(50-38)26-60(27-33-18-14-22-39(51-33)55-43(63)47(4,5)6)30-36-25-37(59-58-36)31-61(28-34-19-15-23-40(52-34)56-44(64)48(7,8)9)29-35-20-16-24-41(53-35)57-45(65)49(10,11)12;2*2-1-3;2-1(3,4)8(5,6)7;;;/h13-25H,26-31H2,1-12H3,(H5,50,51,52,53,54,55,56,57,58,59,62,63,64,65);2*1H2;(H,5,6,7);;;1H2/q;;;;2*+3;/p-4. The number of rotatable bonds is 16. The van der Waals surface area contributed by atoms with E-state index in [2.05, 4.69) is 40.9 Å². The number of carbonyl (C=O) groups excluding carboxylic acids is 3. The summed E-state index contributed by atoms with van der Waals surface area (Å²) in [5.41, 5.74) is -3.83. The Kier molecular flexibility index (Phi) is 34.6. The third-order valence-corrected chi connectivity index (χ3v) is 10.6. The summed E-state index contributed by atoms with van der Waals surface area (Å²) in [6, 6.07) is 24.0. The van der Waals surface area contributed by atoms with Gasteiger partial charge >= 0.3 is 39.1 Å². The van der Waals surface area contributed by atoms with Crippen molar-refractivity contribution in [3.05, 3.63) is 113 Å². The van der Waals surface area contributed by atoms with E-state index in [4.69, 9.17) is 79.3 Å². The normalized spacial score (nSPS) is 11.9. The molecule has 456 valence electrons. The smallest absolute Gasteiger partial charge is 0.870 e. The Bertz CT molecular complexity index is 2850. The van der Waals surface area contributed by atoms with E-state index in [1.165, 1.54) is 0 Å². The van der Waals surface area contributed by atoms with Gasteiger partial charge in [0.2, 0.25) is 17.7 Å². The number of anilines is 3. The number of hydrogen-bond donors (Lipinski definition) is 3. The zero-order chi connectivity index (χ0) is 60.2. The third-order valence-electron chi connectivity index (χ3n) is 10.1. The van der Waals surface area contributed by atoms with Gasteiger partial charge in [0.05, 0.1) is 33.5 Å². The number of aliphatic imine (C=N–C) groups is 1. The van der Waals surface area contributed by atoms with E-state index in [0.29, 0.717) is 85.3 Å². The molecule has 4 N–H and O–H groups in total. The monoisotopic (exact) mass is 1340 g/mol. The van der Waals surface area contributed by atoms with Gasteiger partial charge in [-0.1, -0.05) is 113 Å². The van der Waals surface area contributed by atoms with E-state index in [9.17, 15) is 32.7 Å². The summed E-state index contributed by atoms with van der Waals surface area (Å²) in [6.45, 7) is 24.3. The van der Waals surface area contributed by atoms with Crippen LogP contribution in [0.2, 0.25) is 0 Å². The summed E-state index contributed by atoms with van der Waals surface area (Å²) < 4.78 is 58.9. The minimum absolute atomic E-state index is 0. The number of nitrogens with one attached hydrogen (secondary N) is 3. The van der Waals surface area contributed by atoms with E-state index in [-0.39, 0.29) is 73.3 Å². The van der Waals surface area contributed by atoms with E-state index in [1.54, 1.807) is 24.3 Å². The molecule has 0 saturated heterocycles. The van der Waals surface area contributed by atoms with Gasteiger partial charge in [-0.05, 0) is 59.8 Å². The molecule has 3 amide bonds. The van der Waals surface area contributed by atoms with E-state index in [0.717, 1.165) is 11.4 Å². The summed E-state index contributed by atoms with van der Waals surface area (Å²) in [4.78, 5) is 66.0. The van der Waals surface area contributed by atoms with Crippen LogP contribution >= 0.6 is 46.4 Å². The molecule has 0 radical (unpaired) electrons. The topological polar surface area (TPSA) is 295 Å². The Morgan fingerprint density at radius 2 is 0.841 bits per heavy atom. The Balaban J connectivity index is 0. The van der Waals surface area contributed by atoms with Crippen LogP contribution in [0.1, 0.15) is 117 Å². The fraction of sp³-hybridized carbons (Fsp3) is 0.481. The Morgan fingerprint density at radius 1 is 0.549 bits per heavy atom. The largest absolute Gasteiger partial charge is 3.00 e. The first-order valence-corrected chi connectivity index (χ1v) is 27.7. The second-order valence-electron chi connectivity index (χ2n) is 21.5. The SMILES string of the molecule is CC(C)(C)C(=O)Nc1cccc(CN(Cc2cc(CN(Cc3cccc(NC(=O)C(C)(C)C)n3)Cc3cccc(NC(=O)C(C)(C)C)n3)[n-]n2)Cc2cccc(/N=C(\[O-])C(C)(C)C)n2)n1.ClCCl.ClCCl.O=S(=O)([O-])C(F)(F)F.[Co+3].[Co+3].[OH-]. The predicted molar refractivity (Wildman–Crippen MR) is 302 cm³/mol. The van der Waals surface area contributed by atoms with Gasteiger partial charge in [0.25, 0.3) is 0 Å². The van der Waals surface area contributed by atoms with Crippen molar-refractivity contribution in [2.75, 3.05) is 26.6 Å². The predicted octanol–water partition coefficient (Wildman–Crippen LogP) is 10.1. The Morgan fingerprint density at radius 3 is 1.15 bits per heavy atom.